The van der Waals surface area contributed by atoms with Crippen molar-refractivity contribution in [2.24, 2.45) is 0 Å². The van der Waals surface area contributed by atoms with E-state index in [2.05, 4.69) is 132 Å². The third kappa shape index (κ3) is 9.32. The third-order valence-corrected chi connectivity index (χ3v) is 21.1. The van der Waals surface area contributed by atoms with Crippen LogP contribution in [0.25, 0.3) is 22.3 Å². The van der Waals surface area contributed by atoms with Gasteiger partial charge in [-0.1, -0.05) is 184 Å². The maximum Gasteiger partial charge on any atom is 0.0462 e. The van der Waals surface area contributed by atoms with Crippen molar-refractivity contribution < 1.29 is 0 Å². The summed E-state index contributed by atoms with van der Waals surface area (Å²) in [6.07, 6.45) is 29.0. The molecular weight excluding hydrogens is 725 g/mol. The van der Waals surface area contributed by atoms with Crippen molar-refractivity contribution in [2.75, 3.05) is 4.90 Å². The van der Waals surface area contributed by atoms with Crippen molar-refractivity contribution in [2.45, 2.75) is 151 Å². The van der Waals surface area contributed by atoms with Crippen LogP contribution in [0.4, 0.5) is 17.1 Å². The molecule has 5 aromatic carbocycles. The van der Waals surface area contributed by atoms with E-state index in [1.807, 2.05) is 0 Å². The standard InChI is InChI=1S/C54H65NP2/c1-6-16-46(17-7-1)55(47-34-26-42(27-35-47)44-30-38-53(39-31-44)56(49-18-8-2-9-19-49)50-20-10-3-11-21-50)48-36-28-43(29-37-48)45-32-40-54(41-33-45)57(51-22-12-4-13-23-51)52-24-14-5-15-25-52/h1,6-7,16-17,26-41,49-52H,2-5,8-15,18-25H2. The van der Waals surface area contributed by atoms with Crippen LogP contribution < -0.4 is 15.5 Å². The Hall–Kier alpha value is -3.24. The summed E-state index contributed by atoms with van der Waals surface area (Å²) in [5.74, 6) is 0. The van der Waals surface area contributed by atoms with Crippen molar-refractivity contribution in [1.29, 1.82) is 0 Å². The molecule has 3 heteroatoms. The van der Waals surface area contributed by atoms with E-state index in [0.717, 1.165) is 22.6 Å². The molecule has 0 radical (unpaired) electrons. The maximum absolute atomic E-state index is 2.52. The van der Waals surface area contributed by atoms with E-state index in [1.165, 1.54) is 168 Å². The Bertz CT molecular complexity index is 1780. The zero-order valence-corrected chi connectivity index (χ0v) is 36.2. The number of hydrogen-bond donors (Lipinski definition) is 0. The molecule has 4 aliphatic carbocycles. The largest absolute Gasteiger partial charge is 0.311 e. The molecule has 296 valence electrons. The number of para-hydroxylation sites is 1. The highest BCUT2D eigenvalue weighted by molar-refractivity contribution is 7.67. The lowest BCUT2D eigenvalue weighted by atomic mass is 9.99. The molecule has 0 unspecified atom stereocenters. The minimum Gasteiger partial charge on any atom is -0.311 e. The van der Waals surface area contributed by atoms with Gasteiger partial charge in [0.15, 0.2) is 0 Å². The lowest BCUT2D eigenvalue weighted by Crippen LogP contribution is -2.26. The van der Waals surface area contributed by atoms with Crippen LogP contribution in [0, 0.1) is 0 Å². The summed E-state index contributed by atoms with van der Waals surface area (Å²) in [7, 11) is -0.144. The van der Waals surface area contributed by atoms with E-state index in [0.29, 0.717) is 0 Å². The van der Waals surface area contributed by atoms with E-state index in [4.69, 9.17) is 0 Å². The van der Waals surface area contributed by atoms with Gasteiger partial charge >= 0.3 is 0 Å². The molecule has 0 amide bonds. The van der Waals surface area contributed by atoms with E-state index in [-0.39, 0.29) is 15.8 Å². The van der Waals surface area contributed by atoms with Crippen LogP contribution in [-0.4, -0.2) is 22.6 Å². The first-order valence-electron chi connectivity index (χ1n) is 23.1. The maximum atomic E-state index is 2.52. The molecule has 0 aromatic heterocycles. The summed E-state index contributed by atoms with van der Waals surface area (Å²) in [5, 5.41) is 3.34. The molecule has 0 spiro atoms. The van der Waals surface area contributed by atoms with E-state index < -0.39 is 0 Å². The van der Waals surface area contributed by atoms with Gasteiger partial charge in [-0.3, -0.25) is 0 Å². The molecule has 4 aliphatic rings. The van der Waals surface area contributed by atoms with Crippen molar-refractivity contribution in [3.63, 3.8) is 0 Å². The van der Waals surface area contributed by atoms with Gasteiger partial charge in [0, 0.05) is 17.1 Å². The van der Waals surface area contributed by atoms with Crippen molar-refractivity contribution in [1.82, 2.24) is 0 Å². The summed E-state index contributed by atoms with van der Waals surface area (Å²) in [5.41, 5.74) is 12.6. The molecule has 5 aromatic rings. The molecular formula is C54H65NP2. The molecule has 4 saturated carbocycles. The van der Waals surface area contributed by atoms with Gasteiger partial charge in [0.05, 0.1) is 0 Å². The highest BCUT2D eigenvalue weighted by Crippen LogP contribution is 2.56. The number of hydrogen-bond acceptors (Lipinski definition) is 1. The molecule has 0 saturated heterocycles. The predicted octanol–water partition coefficient (Wildman–Crippen LogP) is 16.0. The summed E-state index contributed by atoms with van der Waals surface area (Å²) in [4.78, 5) is 2.41. The summed E-state index contributed by atoms with van der Waals surface area (Å²) in [6, 6.07) is 49.3. The van der Waals surface area contributed by atoms with Gasteiger partial charge in [-0.2, -0.15) is 0 Å². The molecule has 4 fully saturated rings. The minimum atomic E-state index is -0.0721. The first kappa shape index (κ1) is 39.2. The second-order valence-corrected chi connectivity index (χ2v) is 23.4. The average Bonchev–Trinajstić information content (AvgIpc) is 3.30. The monoisotopic (exact) mass is 789 g/mol. The Kier molecular flexibility index (Phi) is 13.2. The SMILES string of the molecule is c1ccc(N(c2ccc(-c3ccc(P(C4CCCCC4)C4CCCCC4)cc3)cc2)c2ccc(-c3ccc(P(C4CCCCC4)C4CCCCC4)cc3)cc2)cc1. The predicted molar refractivity (Wildman–Crippen MR) is 253 cm³/mol. The Morgan fingerprint density at radius 2 is 0.544 bits per heavy atom. The fourth-order valence-electron chi connectivity index (χ4n) is 11.2. The molecule has 1 nitrogen and oxygen atoms in total. The fraction of sp³-hybridized carbons (Fsp3) is 0.444. The van der Waals surface area contributed by atoms with E-state index >= 15 is 0 Å². The molecule has 0 bridgehead atoms. The summed E-state index contributed by atoms with van der Waals surface area (Å²) in [6.45, 7) is 0. The van der Waals surface area contributed by atoms with Crippen molar-refractivity contribution in [3.8, 4) is 22.3 Å². The van der Waals surface area contributed by atoms with Gasteiger partial charge in [-0.25, -0.2) is 0 Å². The minimum absolute atomic E-state index is 0.0721. The van der Waals surface area contributed by atoms with Gasteiger partial charge in [0.1, 0.15) is 0 Å². The van der Waals surface area contributed by atoms with Gasteiger partial charge in [-0.15, -0.1) is 0 Å². The summed E-state index contributed by atoms with van der Waals surface area (Å²) >= 11 is 0. The number of anilines is 3. The van der Waals surface area contributed by atoms with Crippen molar-refractivity contribution >= 4 is 43.5 Å². The number of nitrogens with zero attached hydrogens (tertiary/aromatic N) is 1. The lowest BCUT2D eigenvalue weighted by Gasteiger charge is -2.38. The first-order chi connectivity index (χ1) is 28.3. The molecule has 0 N–H and O–H groups in total. The van der Waals surface area contributed by atoms with E-state index in [1.54, 1.807) is 10.6 Å². The van der Waals surface area contributed by atoms with Gasteiger partial charge in [0.2, 0.25) is 0 Å². The Balaban J connectivity index is 0.933. The van der Waals surface area contributed by atoms with Crippen LogP contribution in [0.5, 0.6) is 0 Å². The third-order valence-electron chi connectivity index (χ3n) is 14.1. The Labute approximate surface area is 347 Å². The quantitative estimate of drug-likeness (QED) is 0.121. The topological polar surface area (TPSA) is 3.24 Å². The second-order valence-electron chi connectivity index (χ2n) is 17.8. The zero-order chi connectivity index (χ0) is 38.2. The van der Waals surface area contributed by atoms with Crippen LogP contribution in [0.2, 0.25) is 0 Å². The van der Waals surface area contributed by atoms with Crippen LogP contribution in [-0.2, 0) is 0 Å². The normalized spacial score (nSPS) is 19.3. The molecule has 0 atom stereocenters. The van der Waals surface area contributed by atoms with E-state index in [9.17, 15) is 0 Å². The molecule has 0 aliphatic heterocycles. The van der Waals surface area contributed by atoms with Crippen LogP contribution in [0.3, 0.4) is 0 Å². The van der Waals surface area contributed by atoms with Gasteiger partial charge < -0.3 is 4.90 Å². The molecule has 9 rings (SSSR count). The van der Waals surface area contributed by atoms with Crippen molar-refractivity contribution in [3.05, 3.63) is 127 Å². The van der Waals surface area contributed by atoms with Crippen LogP contribution >= 0.6 is 15.8 Å². The lowest BCUT2D eigenvalue weighted by molar-refractivity contribution is 0.487. The second kappa shape index (κ2) is 19.2. The highest BCUT2D eigenvalue weighted by Gasteiger charge is 2.33. The zero-order valence-electron chi connectivity index (χ0n) is 34.4. The highest BCUT2D eigenvalue weighted by atomic mass is 31.1. The van der Waals surface area contributed by atoms with Crippen LogP contribution in [0.1, 0.15) is 128 Å². The average molecular weight is 790 g/mol. The summed E-state index contributed by atoms with van der Waals surface area (Å²) < 4.78 is 0. The molecule has 0 heterocycles. The number of rotatable bonds is 11. The first-order valence-corrected chi connectivity index (χ1v) is 26.1. The smallest absolute Gasteiger partial charge is 0.0462 e. The fourth-order valence-corrected chi connectivity index (χ4v) is 18.7. The van der Waals surface area contributed by atoms with Gasteiger partial charge in [-0.05, 0) is 143 Å². The van der Waals surface area contributed by atoms with Gasteiger partial charge in [0.25, 0.3) is 0 Å². The Morgan fingerprint density at radius 1 is 0.281 bits per heavy atom. The molecule has 57 heavy (non-hydrogen) atoms. The van der Waals surface area contributed by atoms with Crippen LogP contribution in [0.15, 0.2) is 127 Å². The number of benzene rings is 5. The Morgan fingerprint density at radius 3 is 0.842 bits per heavy atom.